The number of hydrogen-bond acceptors (Lipinski definition) is 5. The summed E-state index contributed by atoms with van der Waals surface area (Å²) >= 11 is 0. The lowest BCUT2D eigenvalue weighted by Gasteiger charge is -2.34. The predicted octanol–water partition coefficient (Wildman–Crippen LogP) is 7.06. The summed E-state index contributed by atoms with van der Waals surface area (Å²) < 4.78 is 5.53. The molecule has 5 nitrogen and oxygen atoms in total. The number of carbonyl (C=O) groups is 1. The number of aromatic nitrogens is 2. The molecule has 176 valence electrons. The Bertz CT molecular complexity index is 908. The fourth-order valence-electron chi connectivity index (χ4n) is 4.74. The van der Waals surface area contributed by atoms with Crippen LogP contribution in [0, 0.1) is 22.7 Å². The molecule has 33 heavy (non-hydrogen) atoms. The Balaban J connectivity index is 1.49. The second kappa shape index (κ2) is 12.5. The highest BCUT2D eigenvalue weighted by Crippen LogP contribution is 2.42. The summed E-state index contributed by atoms with van der Waals surface area (Å²) in [6, 6.07) is 14.4. The van der Waals surface area contributed by atoms with Crippen molar-refractivity contribution < 1.29 is 9.53 Å². The van der Waals surface area contributed by atoms with Gasteiger partial charge in [-0.05, 0) is 50.2 Å². The van der Waals surface area contributed by atoms with Crippen LogP contribution in [0.1, 0.15) is 90.0 Å². The first-order valence-corrected chi connectivity index (χ1v) is 12.6. The molecule has 2 aromatic rings. The largest absolute Gasteiger partial charge is 0.406 e. The number of benzene rings is 1. The van der Waals surface area contributed by atoms with Gasteiger partial charge in [0.2, 0.25) is 5.88 Å². The molecule has 1 aliphatic rings. The van der Waals surface area contributed by atoms with Crippen LogP contribution >= 0.6 is 0 Å². The molecule has 0 radical (unpaired) electrons. The van der Waals surface area contributed by atoms with Crippen LogP contribution in [0.5, 0.6) is 5.88 Å². The number of nitriles is 1. The van der Waals surface area contributed by atoms with Crippen molar-refractivity contribution in [2.45, 2.75) is 90.9 Å². The van der Waals surface area contributed by atoms with Gasteiger partial charge in [-0.1, -0.05) is 76.6 Å². The molecule has 1 aromatic heterocycles. The summed E-state index contributed by atoms with van der Waals surface area (Å²) in [5.74, 6) is -0.186. The fraction of sp³-hybridized carbons (Fsp3) is 0.571. The molecule has 3 rings (SSSR count). The van der Waals surface area contributed by atoms with Crippen LogP contribution in [0.25, 0.3) is 11.3 Å². The monoisotopic (exact) mass is 447 g/mol. The number of nitrogens with zero attached hydrogens (tertiary/aromatic N) is 3. The number of unbranched alkanes of at least 4 members (excludes halogenated alkanes) is 4. The first-order valence-electron chi connectivity index (χ1n) is 12.6. The maximum absolute atomic E-state index is 12.7. The van der Waals surface area contributed by atoms with E-state index >= 15 is 0 Å². The summed E-state index contributed by atoms with van der Waals surface area (Å²) in [5, 5.41) is 18.1. The van der Waals surface area contributed by atoms with Gasteiger partial charge in [0.05, 0.1) is 23.1 Å². The van der Waals surface area contributed by atoms with Gasteiger partial charge >= 0.3 is 5.97 Å². The molecule has 5 heteroatoms. The summed E-state index contributed by atoms with van der Waals surface area (Å²) in [5.41, 5.74) is 2.80. The average molecular weight is 448 g/mol. The lowest BCUT2D eigenvalue weighted by Crippen LogP contribution is -2.31. The second-order valence-electron chi connectivity index (χ2n) is 9.46. The van der Waals surface area contributed by atoms with Gasteiger partial charge in [-0.25, -0.2) is 0 Å². The molecule has 0 spiro atoms. The highest BCUT2D eigenvalue weighted by molar-refractivity contribution is 5.75. The van der Waals surface area contributed by atoms with Crippen LogP contribution in [-0.2, 0) is 11.2 Å². The molecule has 1 fully saturated rings. The van der Waals surface area contributed by atoms with Crippen LogP contribution in [0.15, 0.2) is 36.4 Å². The molecule has 0 N–H and O–H groups in total. The van der Waals surface area contributed by atoms with E-state index in [2.05, 4.69) is 42.2 Å². The van der Waals surface area contributed by atoms with Crippen molar-refractivity contribution in [2.24, 2.45) is 11.3 Å². The van der Waals surface area contributed by atoms with Crippen LogP contribution in [0.2, 0.25) is 0 Å². The van der Waals surface area contributed by atoms with Gasteiger partial charge in [-0.2, -0.15) is 5.26 Å². The Kier molecular flexibility index (Phi) is 9.42. The van der Waals surface area contributed by atoms with Crippen LogP contribution < -0.4 is 4.74 Å². The zero-order valence-corrected chi connectivity index (χ0v) is 20.2. The van der Waals surface area contributed by atoms with Gasteiger partial charge in [0.1, 0.15) is 0 Å². The van der Waals surface area contributed by atoms with E-state index in [0.717, 1.165) is 49.8 Å². The smallest absolute Gasteiger partial charge is 0.315 e. The van der Waals surface area contributed by atoms with E-state index in [1.54, 1.807) is 6.07 Å². The third-order valence-electron chi connectivity index (χ3n) is 6.91. The van der Waals surface area contributed by atoms with E-state index < -0.39 is 0 Å². The number of ether oxygens (including phenoxy) is 1. The fourth-order valence-corrected chi connectivity index (χ4v) is 4.74. The number of rotatable bonds is 11. The Morgan fingerprint density at radius 2 is 1.73 bits per heavy atom. The lowest BCUT2D eigenvalue weighted by molar-refractivity contribution is -0.140. The minimum atomic E-state index is -0.267. The van der Waals surface area contributed by atoms with Crippen molar-refractivity contribution >= 4 is 5.97 Å². The first-order chi connectivity index (χ1) is 16.1. The summed E-state index contributed by atoms with van der Waals surface area (Å²) in [7, 11) is 0. The Morgan fingerprint density at radius 3 is 2.33 bits per heavy atom. The number of aryl methyl sites for hydroxylation is 1. The van der Waals surface area contributed by atoms with E-state index in [9.17, 15) is 10.1 Å². The molecule has 1 heterocycles. The molecule has 0 unspecified atom stereocenters. The van der Waals surface area contributed by atoms with Crippen LogP contribution in [-0.4, -0.2) is 16.2 Å². The molecular formula is C28H37N3O2. The molecule has 0 amide bonds. The standard InChI is InChI=1S/C28H37N3O2/c1-3-5-6-7-8-18-28(21-29)19-16-24(17-20-28)27(32)33-26-15-14-25(30-31-26)23-12-10-22(9-4-2)11-13-23/h10-15,24H,3-9,16-20H2,1-2H3/t24-,28-. The van der Waals surface area contributed by atoms with Crippen molar-refractivity contribution in [1.29, 1.82) is 5.26 Å². The van der Waals surface area contributed by atoms with Crippen LogP contribution in [0.4, 0.5) is 0 Å². The second-order valence-corrected chi connectivity index (χ2v) is 9.46. The number of esters is 1. The van der Waals surface area contributed by atoms with Gasteiger partial charge in [0, 0.05) is 11.6 Å². The normalized spacial score (nSPS) is 20.2. The third kappa shape index (κ3) is 7.12. The summed E-state index contributed by atoms with van der Waals surface area (Å²) in [6.45, 7) is 4.38. The summed E-state index contributed by atoms with van der Waals surface area (Å²) in [4.78, 5) is 12.7. The first kappa shape index (κ1) is 24.9. The molecule has 0 saturated heterocycles. The molecule has 0 atom stereocenters. The van der Waals surface area contributed by atoms with Crippen LogP contribution in [0.3, 0.4) is 0 Å². The van der Waals surface area contributed by atoms with Crippen molar-refractivity contribution in [3.8, 4) is 23.2 Å². The van der Waals surface area contributed by atoms with Crippen molar-refractivity contribution in [1.82, 2.24) is 10.2 Å². The molecule has 1 aliphatic carbocycles. The maximum Gasteiger partial charge on any atom is 0.315 e. The Hall–Kier alpha value is -2.74. The molecule has 1 aromatic carbocycles. The van der Waals surface area contributed by atoms with E-state index in [1.165, 1.54) is 31.2 Å². The van der Waals surface area contributed by atoms with E-state index in [4.69, 9.17) is 4.74 Å². The minimum Gasteiger partial charge on any atom is -0.406 e. The Labute approximate surface area is 198 Å². The minimum absolute atomic E-state index is 0.167. The van der Waals surface area contributed by atoms with Crippen molar-refractivity contribution in [3.05, 3.63) is 42.0 Å². The number of carbonyl (C=O) groups excluding carboxylic acids is 1. The Morgan fingerprint density at radius 1 is 1.00 bits per heavy atom. The van der Waals surface area contributed by atoms with Gasteiger partial charge in [-0.15, -0.1) is 10.2 Å². The zero-order valence-electron chi connectivity index (χ0n) is 20.2. The third-order valence-corrected chi connectivity index (χ3v) is 6.91. The molecular weight excluding hydrogens is 410 g/mol. The zero-order chi connectivity index (χ0) is 23.5. The quantitative estimate of drug-likeness (QED) is 0.272. The van der Waals surface area contributed by atoms with Gasteiger partial charge in [-0.3, -0.25) is 4.79 Å². The lowest BCUT2D eigenvalue weighted by atomic mass is 9.69. The highest BCUT2D eigenvalue weighted by atomic mass is 16.5. The molecule has 1 saturated carbocycles. The van der Waals surface area contributed by atoms with Crippen molar-refractivity contribution in [2.75, 3.05) is 0 Å². The molecule has 0 bridgehead atoms. The highest BCUT2D eigenvalue weighted by Gasteiger charge is 2.38. The van der Waals surface area contributed by atoms with E-state index in [0.29, 0.717) is 12.8 Å². The molecule has 0 aliphatic heterocycles. The van der Waals surface area contributed by atoms with Crippen molar-refractivity contribution in [3.63, 3.8) is 0 Å². The number of hydrogen-bond donors (Lipinski definition) is 0. The SMILES string of the molecule is CCCCCCC[C@]1(C#N)CC[C@H](C(=O)Oc2ccc(-c3ccc(CCC)cc3)nn2)CC1. The van der Waals surface area contributed by atoms with Gasteiger partial charge in [0.25, 0.3) is 0 Å². The average Bonchev–Trinajstić information content (AvgIpc) is 2.85. The van der Waals surface area contributed by atoms with Gasteiger partial charge in [0.15, 0.2) is 0 Å². The topological polar surface area (TPSA) is 75.9 Å². The van der Waals surface area contributed by atoms with E-state index in [-0.39, 0.29) is 23.2 Å². The predicted molar refractivity (Wildman–Crippen MR) is 130 cm³/mol. The maximum atomic E-state index is 12.7. The van der Waals surface area contributed by atoms with Gasteiger partial charge < -0.3 is 4.74 Å². The summed E-state index contributed by atoms with van der Waals surface area (Å²) in [6.07, 6.45) is 12.1. The van der Waals surface area contributed by atoms with E-state index in [1.807, 2.05) is 18.2 Å².